The number of aryl methyl sites for hydroxylation is 1. The van der Waals surface area contributed by atoms with E-state index in [1.807, 2.05) is 30.3 Å². The van der Waals surface area contributed by atoms with Crippen molar-refractivity contribution in [3.05, 3.63) is 95.3 Å². The Labute approximate surface area is 191 Å². The van der Waals surface area contributed by atoms with Crippen molar-refractivity contribution < 1.29 is 22.7 Å². The highest BCUT2D eigenvalue weighted by Gasteiger charge is 2.30. The summed E-state index contributed by atoms with van der Waals surface area (Å²) in [6, 6.07) is 16.9. The van der Waals surface area contributed by atoms with Gasteiger partial charge in [0.05, 0.1) is 24.4 Å². The summed E-state index contributed by atoms with van der Waals surface area (Å²) in [7, 11) is 3.13. The molecule has 33 heavy (non-hydrogen) atoms. The van der Waals surface area contributed by atoms with E-state index in [9.17, 15) is 18.0 Å². The van der Waals surface area contributed by atoms with Crippen LogP contribution in [0.3, 0.4) is 0 Å². The van der Waals surface area contributed by atoms with E-state index in [2.05, 4.69) is 15.6 Å². The Balaban J connectivity index is 1.86. The van der Waals surface area contributed by atoms with Gasteiger partial charge < -0.3 is 10.1 Å². The van der Waals surface area contributed by atoms with Gasteiger partial charge in [-0.2, -0.15) is 13.2 Å². The molecule has 0 saturated carbocycles. The summed E-state index contributed by atoms with van der Waals surface area (Å²) in [5.41, 5.74) is 1.54. The van der Waals surface area contributed by atoms with E-state index in [1.165, 1.54) is 12.1 Å². The predicted molar refractivity (Wildman–Crippen MR) is 120 cm³/mol. The molecule has 5 nitrogen and oxygen atoms in total. The second-order valence-corrected chi connectivity index (χ2v) is 7.53. The number of hydrogen-bond acceptors (Lipinski definition) is 4. The molecular weight excluding hydrogens is 431 g/mol. The third-order valence-corrected chi connectivity index (χ3v) is 5.36. The van der Waals surface area contributed by atoms with Gasteiger partial charge in [0.2, 0.25) is 5.91 Å². The van der Waals surface area contributed by atoms with Crippen LogP contribution >= 0.6 is 0 Å². The SMILES string of the molecule is CNC(=O)[C@H](N[C@@H](CCc1ccc(C(F)(F)F)cc1)c1cc(OC)ccn1)c1ccccc1. The maximum absolute atomic E-state index is 12.9. The highest BCUT2D eigenvalue weighted by molar-refractivity contribution is 5.83. The smallest absolute Gasteiger partial charge is 0.416 e. The molecule has 2 aromatic carbocycles. The van der Waals surface area contributed by atoms with Gasteiger partial charge in [-0.05, 0) is 42.2 Å². The number of carbonyl (C=O) groups is 1. The van der Waals surface area contributed by atoms with Crippen molar-refractivity contribution in [3.8, 4) is 5.75 Å². The van der Waals surface area contributed by atoms with Gasteiger partial charge in [-0.3, -0.25) is 15.1 Å². The Morgan fingerprint density at radius 1 is 1.06 bits per heavy atom. The summed E-state index contributed by atoms with van der Waals surface area (Å²) in [5.74, 6) is 0.418. The van der Waals surface area contributed by atoms with E-state index in [-0.39, 0.29) is 11.9 Å². The normalized spacial score (nSPS) is 13.2. The molecule has 2 atom stereocenters. The average Bonchev–Trinajstić information content (AvgIpc) is 2.84. The van der Waals surface area contributed by atoms with Gasteiger partial charge in [0.15, 0.2) is 0 Å². The van der Waals surface area contributed by atoms with Gasteiger partial charge in [0.25, 0.3) is 0 Å². The number of pyridine rings is 1. The quantitative estimate of drug-likeness (QED) is 0.482. The zero-order valence-corrected chi connectivity index (χ0v) is 18.4. The van der Waals surface area contributed by atoms with Gasteiger partial charge in [-0.15, -0.1) is 0 Å². The molecule has 174 valence electrons. The fourth-order valence-electron chi connectivity index (χ4n) is 3.55. The first-order valence-corrected chi connectivity index (χ1v) is 10.5. The average molecular weight is 457 g/mol. The van der Waals surface area contributed by atoms with Gasteiger partial charge >= 0.3 is 6.18 Å². The van der Waals surface area contributed by atoms with Crippen LogP contribution in [-0.2, 0) is 17.4 Å². The number of rotatable bonds is 9. The van der Waals surface area contributed by atoms with E-state index in [4.69, 9.17) is 4.74 Å². The summed E-state index contributed by atoms with van der Waals surface area (Å²) >= 11 is 0. The lowest BCUT2D eigenvalue weighted by Gasteiger charge is -2.25. The van der Waals surface area contributed by atoms with E-state index in [1.54, 1.807) is 32.5 Å². The zero-order chi connectivity index (χ0) is 23.8. The molecule has 2 N–H and O–H groups in total. The number of nitrogens with zero attached hydrogens (tertiary/aromatic N) is 1. The number of benzene rings is 2. The monoisotopic (exact) mass is 457 g/mol. The van der Waals surface area contributed by atoms with Gasteiger partial charge in [0, 0.05) is 19.3 Å². The van der Waals surface area contributed by atoms with Crippen molar-refractivity contribution >= 4 is 5.91 Å². The molecule has 0 aliphatic heterocycles. The topological polar surface area (TPSA) is 63.2 Å². The van der Waals surface area contributed by atoms with Gasteiger partial charge in [-0.1, -0.05) is 42.5 Å². The molecule has 0 unspecified atom stereocenters. The Morgan fingerprint density at radius 2 is 1.76 bits per heavy atom. The van der Waals surface area contributed by atoms with Crippen molar-refractivity contribution in [1.82, 2.24) is 15.6 Å². The third kappa shape index (κ3) is 6.55. The van der Waals surface area contributed by atoms with Crippen LogP contribution < -0.4 is 15.4 Å². The number of alkyl halides is 3. The van der Waals surface area contributed by atoms with E-state index < -0.39 is 17.8 Å². The molecular formula is C25H26F3N3O2. The number of carbonyl (C=O) groups excluding carboxylic acids is 1. The van der Waals surface area contributed by atoms with E-state index in [0.29, 0.717) is 24.3 Å². The Morgan fingerprint density at radius 3 is 2.36 bits per heavy atom. The molecule has 0 saturated heterocycles. The minimum Gasteiger partial charge on any atom is -0.497 e. The van der Waals surface area contributed by atoms with Crippen molar-refractivity contribution in [2.75, 3.05) is 14.2 Å². The molecule has 1 aromatic heterocycles. The van der Waals surface area contributed by atoms with E-state index >= 15 is 0 Å². The van der Waals surface area contributed by atoms with Crippen molar-refractivity contribution in [2.24, 2.45) is 0 Å². The molecule has 0 spiro atoms. The molecule has 1 heterocycles. The molecule has 0 fully saturated rings. The number of likely N-dealkylation sites (N-methyl/N-ethyl adjacent to an activating group) is 1. The first-order chi connectivity index (χ1) is 15.8. The van der Waals surface area contributed by atoms with Crippen LogP contribution in [-0.4, -0.2) is 25.0 Å². The minimum atomic E-state index is -4.37. The predicted octanol–water partition coefficient (Wildman–Crippen LogP) is 4.86. The fraction of sp³-hybridized carbons (Fsp3) is 0.280. The second kappa shape index (κ2) is 11.0. The van der Waals surface area contributed by atoms with Crippen LogP contribution in [0.5, 0.6) is 5.75 Å². The lowest BCUT2D eigenvalue weighted by atomic mass is 9.98. The summed E-state index contributed by atoms with van der Waals surface area (Å²) in [6.07, 6.45) is -1.75. The van der Waals surface area contributed by atoms with Crippen LogP contribution in [0.4, 0.5) is 13.2 Å². The lowest BCUT2D eigenvalue weighted by Crippen LogP contribution is -2.38. The van der Waals surface area contributed by atoms with Gasteiger partial charge in [0.1, 0.15) is 11.8 Å². The standard InChI is InChI=1S/C25H26F3N3O2/c1-29-24(32)23(18-6-4-3-5-7-18)31-21(22-16-20(33-2)14-15-30-22)13-10-17-8-11-19(12-9-17)25(26,27)28/h3-9,11-12,14-16,21,23,31H,10,13H2,1-2H3,(H,29,32)/t21-,23+/m0/s1. The van der Waals surface area contributed by atoms with Crippen LogP contribution in [0.15, 0.2) is 72.9 Å². The summed E-state index contributed by atoms with van der Waals surface area (Å²) in [4.78, 5) is 17.1. The molecule has 0 radical (unpaired) electrons. The fourth-order valence-corrected chi connectivity index (χ4v) is 3.55. The first kappa shape index (κ1) is 24.3. The van der Waals surface area contributed by atoms with Crippen LogP contribution in [0.1, 0.15) is 40.9 Å². The molecule has 3 aromatic rings. The highest BCUT2D eigenvalue weighted by atomic mass is 19.4. The Hall–Kier alpha value is -3.39. The molecule has 0 aliphatic carbocycles. The van der Waals surface area contributed by atoms with Crippen LogP contribution in [0.2, 0.25) is 0 Å². The summed E-state index contributed by atoms with van der Waals surface area (Å²) < 4.78 is 43.9. The summed E-state index contributed by atoms with van der Waals surface area (Å²) in [6.45, 7) is 0. The molecule has 0 aliphatic rings. The molecule has 0 bridgehead atoms. The molecule has 1 amide bonds. The zero-order valence-electron chi connectivity index (χ0n) is 18.4. The highest BCUT2D eigenvalue weighted by Crippen LogP contribution is 2.30. The lowest BCUT2D eigenvalue weighted by molar-refractivity contribution is -0.137. The molecule has 3 rings (SSSR count). The number of hydrogen-bond donors (Lipinski definition) is 2. The maximum Gasteiger partial charge on any atom is 0.416 e. The number of halogens is 3. The van der Waals surface area contributed by atoms with Crippen LogP contribution in [0.25, 0.3) is 0 Å². The third-order valence-electron chi connectivity index (χ3n) is 5.36. The maximum atomic E-state index is 12.9. The number of aromatic nitrogens is 1. The Bertz CT molecular complexity index is 1040. The minimum absolute atomic E-state index is 0.205. The van der Waals surface area contributed by atoms with Gasteiger partial charge in [-0.25, -0.2) is 0 Å². The van der Waals surface area contributed by atoms with E-state index in [0.717, 1.165) is 23.3 Å². The number of ether oxygens (including phenoxy) is 1. The number of methoxy groups -OCH3 is 1. The van der Waals surface area contributed by atoms with Crippen LogP contribution in [0, 0.1) is 0 Å². The summed E-state index contributed by atoms with van der Waals surface area (Å²) in [5, 5.41) is 6.07. The number of nitrogens with one attached hydrogen (secondary N) is 2. The van der Waals surface area contributed by atoms with Crippen molar-refractivity contribution in [2.45, 2.75) is 31.1 Å². The van der Waals surface area contributed by atoms with Crippen molar-refractivity contribution in [1.29, 1.82) is 0 Å². The number of amides is 1. The Kier molecular flexibility index (Phi) is 8.06. The van der Waals surface area contributed by atoms with Crippen molar-refractivity contribution in [3.63, 3.8) is 0 Å². The first-order valence-electron chi connectivity index (χ1n) is 10.5. The molecule has 8 heteroatoms. The second-order valence-electron chi connectivity index (χ2n) is 7.53. The largest absolute Gasteiger partial charge is 0.497 e.